The van der Waals surface area contributed by atoms with Gasteiger partial charge in [-0.05, 0) is 36.8 Å². The van der Waals surface area contributed by atoms with E-state index in [0.29, 0.717) is 10.6 Å². The SMILES string of the molecule is COC(=O)[C@@H]1C[C@@H](Oc2ccccc2F)CN1S(=O)(=O)c1cccc(Cl)c1C. The van der Waals surface area contributed by atoms with Crippen LogP contribution in [0, 0.1) is 12.7 Å². The van der Waals surface area contributed by atoms with Crippen molar-refractivity contribution in [1.82, 2.24) is 4.31 Å². The van der Waals surface area contributed by atoms with Gasteiger partial charge in [0.25, 0.3) is 0 Å². The van der Waals surface area contributed by atoms with E-state index in [1.807, 2.05) is 0 Å². The molecule has 0 amide bonds. The summed E-state index contributed by atoms with van der Waals surface area (Å²) in [5, 5.41) is 0.300. The number of esters is 1. The van der Waals surface area contributed by atoms with Crippen LogP contribution in [0.15, 0.2) is 47.4 Å². The van der Waals surface area contributed by atoms with Gasteiger partial charge in [-0.1, -0.05) is 29.8 Å². The molecular weight excluding hydrogens is 409 g/mol. The summed E-state index contributed by atoms with van der Waals surface area (Å²) in [4.78, 5) is 12.2. The molecule has 0 radical (unpaired) electrons. The van der Waals surface area contributed by atoms with Crippen LogP contribution in [-0.2, 0) is 19.6 Å². The average molecular weight is 428 g/mol. The maximum Gasteiger partial charge on any atom is 0.324 e. The Balaban J connectivity index is 1.94. The Kier molecular flexibility index (Phi) is 5.92. The fourth-order valence-corrected chi connectivity index (χ4v) is 5.28. The number of hydrogen-bond donors (Lipinski definition) is 0. The molecule has 0 unspecified atom stereocenters. The van der Waals surface area contributed by atoms with Gasteiger partial charge in [-0.25, -0.2) is 12.8 Å². The molecule has 1 heterocycles. The molecule has 0 aliphatic carbocycles. The van der Waals surface area contributed by atoms with E-state index in [9.17, 15) is 17.6 Å². The molecule has 0 bridgehead atoms. The van der Waals surface area contributed by atoms with Gasteiger partial charge in [0.1, 0.15) is 12.1 Å². The second-order valence-electron chi connectivity index (χ2n) is 6.38. The van der Waals surface area contributed by atoms with Crippen molar-refractivity contribution in [3.05, 3.63) is 58.9 Å². The van der Waals surface area contributed by atoms with E-state index in [2.05, 4.69) is 0 Å². The minimum Gasteiger partial charge on any atom is -0.486 e. The molecule has 1 aliphatic heterocycles. The molecule has 2 aromatic carbocycles. The summed E-state index contributed by atoms with van der Waals surface area (Å²) in [6, 6.07) is 9.27. The zero-order chi connectivity index (χ0) is 20.5. The van der Waals surface area contributed by atoms with Crippen LogP contribution in [-0.4, -0.2) is 44.5 Å². The van der Waals surface area contributed by atoms with Crippen molar-refractivity contribution in [3.63, 3.8) is 0 Å². The number of methoxy groups -OCH3 is 1. The number of carbonyl (C=O) groups is 1. The van der Waals surface area contributed by atoms with Crippen LogP contribution >= 0.6 is 11.6 Å². The quantitative estimate of drug-likeness (QED) is 0.685. The number of para-hydroxylation sites is 1. The minimum absolute atomic E-state index is 0.000412. The summed E-state index contributed by atoms with van der Waals surface area (Å²) in [5.74, 6) is -1.28. The molecule has 0 aromatic heterocycles. The minimum atomic E-state index is -4.06. The predicted molar refractivity (Wildman–Crippen MR) is 101 cm³/mol. The van der Waals surface area contributed by atoms with Gasteiger partial charge in [0.05, 0.1) is 18.6 Å². The van der Waals surface area contributed by atoms with Gasteiger partial charge in [0, 0.05) is 11.4 Å². The molecule has 1 saturated heterocycles. The summed E-state index contributed by atoms with van der Waals surface area (Å²) in [6.45, 7) is 1.47. The van der Waals surface area contributed by atoms with E-state index in [1.165, 1.54) is 37.4 Å². The van der Waals surface area contributed by atoms with E-state index < -0.39 is 34.0 Å². The second kappa shape index (κ2) is 8.06. The normalized spacial score (nSPS) is 20.1. The lowest BCUT2D eigenvalue weighted by molar-refractivity contribution is -0.144. The summed E-state index contributed by atoms with van der Waals surface area (Å²) in [6.07, 6.45) is -0.671. The van der Waals surface area contributed by atoms with Gasteiger partial charge in [0.2, 0.25) is 10.0 Å². The lowest BCUT2D eigenvalue weighted by Gasteiger charge is -2.23. The summed E-state index contributed by atoms with van der Waals surface area (Å²) in [7, 11) is -2.87. The number of benzene rings is 2. The maximum atomic E-state index is 13.9. The van der Waals surface area contributed by atoms with Crippen molar-refractivity contribution >= 4 is 27.6 Å². The van der Waals surface area contributed by atoms with Crippen LogP contribution in [0.5, 0.6) is 5.75 Å². The lowest BCUT2D eigenvalue weighted by atomic mass is 10.2. The zero-order valence-electron chi connectivity index (χ0n) is 15.3. The Labute approximate surface area is 167 Å². The zero-order valence-corrected chi connectivity index (χ0v) is 16.8. The number of carbonyl (C=O) groups excluding carboxylic acids is 1. The van der Waals surface area contributed by atoms with E-state index in [0.717, 1.165) is 4.31 Å². The smallest absolute Gasteiger partial charge is 0.324 e. The Bertz CT molecular complexity index is 998. The Morgan fingerprint density at radius 2 is 1.93 bits per heavy atom. The fourth-order valence-electron chi connectivity index (χ4n) is 3.18. The molecule has 3 rings (SSSR count). The highest BCUT2D eigenvalue weighted by Gasteiger charge is 2.46. The van der Waals surface area contributed by atoms with Crippen LogP contribution in [0.3, 0.4) is 0 Å². The Morgan fingerprint density at radius 3 is 2.61 bits per heavy atom. The number of sulfonamides is 1. The number of halogens is 2. The van der Waals surface area contributed by atoms with E-state index in [1.54, 1.807) is 19.1 Å². The first-order valence-electron chi connectivity index (χ1n) is 8.51. The molecule has 1 fully saturated rings. The van der Waals surface area contributed by atoms with Gasteiger partial charge >= 0.3 is 5.97 Å². The molecular formula is C19H19ClFNO5S. The molecule has 0 saturated carbocycles. The van der Waals surface area contributed by atoms with Crippen molar-refractivity contribution < 1.29 is 27.1 Å². The standard InChI is InChI=1S/C19H19ClFNO5S/c1-12-14(20)6-5-9-18(12)28(24,25)22-11-13(10-16(22)19(23)26-2)27-17-8-4-3-7-15(17)21/h3-9,13,16H,10-11H2,1-2H3/t13-,16+/m1/s1. The second-order valence-corrected chi connectivity index (χ2v) is 8.65. The number of ether oxygens (including phenoxy) is 2. The Morgan fingerprint density at radius 1 is 1.21 bits per heavy atom. The third-order valence-electron chi connectivity index (χ3n) is 4.63. The van der Waals surface area contributed by atoms with Crippen LogP contribution < -0.4 is 4.74 Å². The monoisotopic (exact) mass is 427 g/mol. The molecule has 0 spiro atoms. The maximum absolute atomic E-state index is 13.9. The summed E-state index contributed by atoms with van der Waals surface area (Å²) < 4.78 is 51.8. The first kappa shape index (κ1) is 20.6. The third-order valence-corrected chi connectivity index (χ3v) is 7.05. The molecule has 2 aromatic rings. The van der Waals surface area contributed by atoms with Crippen LogP contribution in [0.1, 0.15) is 12.0 Å². The van der Waals surface area contributed by atoms with Crippen LogP contribution in [0.25, 0.3) is 0 Å². The fraction of sp³-hybridized carbons (Fsp3) is 0.316. The molecule has 2 atom stereocenters. The highest BCUT2D eigenvalue weighted by molar-refractivity contribution is 7.89. The molecule has 0 N–H and O–H groups in total. The van der Waals surface area contributed by atoms with Crippen LogP contribution in [0.4, 0.5) is 4.39 Å². The van der Waals surface area contributed by atoms with Gasteiger partial charge in [-0.15, -0.1) is 0 Å². The largest absolute Gasteiger partial charge is 0.486 e. The topological polar surface area (TPSA) is 72.9 Å². The molecule has 28 heavy (non-hydrogen) atoms. The van der Waals surface area contributed by atoms with E-state index in [-0.39, 0.29) is 23.6 Å². The third kappa shape index (κ3) is 3.85. The van der Waals surface area contributed by atoms with Gasteiger partial charge in [-0.3, -0.25) is 4.79 Å². The predicted octanol–water partition coefficient (Wildman–Crippen LogP) is 3.17. The molecule has 150 valence electrons. The highest BCUT2D eigenvalue weighted by atomic mass is 35.5. The first-order valence-corrected chi connectivity index (χ1v) is 10.3. The van der Waals surface area contributed by atoms with Gasteiger partial charge in [-0.2, -0.15) is 4.31 Å². The number of hydrogen-bond acceptors (Lipinski definition) is 5. The Hall–Kier alpha value is -2.16. The van der Waals surface area contributed by atoms with Crippen molar-refractivity contribution in [2.24, 2.45) is 0 Å². The molecule has 6 nitrogen and oxygen atoms in total. The van der Waals surface area contributed by atoms with Gasteiger partial charge in [0.15, 0.2) is 11.6 Å². The molecule has 9 heteroatoms. The summed E-state index contributed by atoms with van der Waals surface area (Å²) in [5.41, 5.74) is 0.381. The highest BCUT2D eigenvalue weighted by Crippen LogP contribution is 2.33. The van der Waals surface area contributed by atoms with Crippen molar-refractivity contribution in [1.29, 1.82) is 0 Å². The molecule has 1 aliphatic rings. The first-order chi connectivity index (χ1) is 13.3. The average Bonchev–Trinajstić information content (AvgIpc) is 3.10. The van der Waals surface area contributed by atoms with Crippen molar-refractivity contribution in [2.45, 2.75) is 30.4 Å². The van der Waals surface area contributed by atoms with Crippen molar-refractivity contribution in [3.8, 4) is 5.75 Å². The van der Waals surface area contributed by atoms with E-state index >= 15 is 0 Å². The number of rotatable bonds is 5. The van der Waals surface area contributed by atoms with Crippen molar-refractivity contribution in [2.75, 3.05) is 13.7 Å². The lowest BCUT2D eigenvalue weighted by Crippen LogP contribution is -2.41. The van der Waals surface area contributed by atoms with Gasteiger partial charge < -0.3 is 9.47 Å². The number of nitrogens with zero attached hydrogens (tertiary/aromatic N) is 1. The van der Waals surface area contributed by atoms with E-state index in [4.69, 9.17) is 21.1 Å². The van der Waals surface area contributed by atoms with Crippen LogP contribution in [0.2, 0.25) is 5.02 Å². The summed E-state index contributed by atoms with van der Waals surface area (Å²) >= 11 is 6.07.